The molecule has 0 unspecified atom stereocenters. The number of hydrogen-bond acceptors (Lipinski definition) is 6. The smallest absolute Gasteiger partial charge is 0.284 e. The van der Waals surface area contributed by atoms with Gasteiger partial charge in [0.2, 0.25) is 6.10 Å². The second-order valence-electron chi connectivity index (χ2n) is 5.24. The number of carbonyl (C=O) groups is 1. The van der Waals surface area contributed by atoms with Crippen LogP contribution >= 0.6 is 31.9 Å². The summed E-state index contributed by atoms with van der Waals surface area (Å²) in [5.41, 5.74) is 2.73. The van der Waals surface area contributed by atoms with Crippen LogP contribution in [-0.4, -0.2) is 37.0 Å². The third-order valence-corrected chi connectivity index (χ3v) is 5.59. The van der Waals surface area contributed by atoms with E-state index in [9.17, 15) is 9.90 Å². The van der Waals surface area contributed by atoms with Crippen LogP contribution in [0.25, 0.3) is 0 Å². The first-order chi connectivity index (χ1) is 12.5. The molecule has 0 spiro atoms. The number of para-hydroxylation sites is 2. The molecule has 0 aliphatic carbocycles. The fourth-order valence-corrected chi connectivity index (χ4v) is 3.09. The lowest BCUT2D eigenvalue weighted by atomic mass is 10.2. The summed E-state index contributed by atoms with van der Waals surface area (Å²) >= 11 is 6.69. The Morgan fingerprint density at radius 2 is 2.12 bits per heavy atom. The zero-order valence-electron chi connectivity index (χ0n) is 13.5. The number of nitrogens with zero attached hydrogens (tertiary/aromatic N) is 1. The van der Waals surface area contributed by atoms with Gasteiger partial charge in [-0.3, -0.25) is 4.79 Å². The van der Waals surface area contributed by atoms with E-state index in [1.165, 1.54) is 13.3 Å². The van der Waals surface area contributed by atoms with E-state index in [1.54, 1.807) is 24.3 Å². The molecule has 3 rings (SSSR count). The van der Waals surface area contributed by atoms with Gasteiger partial charge in [-0.15, -0.1) is 0 Å². The SMILES string of the molecule is COc1cc(Br)c(Br)c(/C=N\NC(=O)[C@H]2COc3ccccc3O2)c1O. The second-order valence-corrected chi connectivity index (χ2v) is 6.88. The number of aromatic hydroxyl groups is 1. The maximum absolute atomic E-state index is 12.2. The van der Waals surface area contributed by atoms with E-state index in [-0.39, 0.29) is 18.1 Å². The summed E-state index contributed by atoms with van der Waals surface area (Å²) in [4.78, 5) is 12.2. The average molecular weight is 486 g/mol. The van der Waals surface area contributed by atoms with Crippen LogP contribution in [0.3, 0.4) is 0 Å². The summed E-state index contributed by atoms with van der Waals surface area (Å²) in [6.45, 7) is 0.0814. The van der Waals surface area contributed by atoms with Crippen LogP contribution in [0.4, 0.5) is 0 Å². The maximum atomic E-state index is 12.2. The molecular formula is C17H14Br2N2O5. The number of methoxy groups -OCH3 is 1. The number of hydrogen-bond donors (Lipinski definition) is 2. The Kier molecular flexibility index (Phi) is 5.67. The molecule has 0 saturated heterocycles. The minimum Gasteiger partial charge on any atom is -0.504 e. The number of ether oxygens (including phenoxy) is 3. The van der Waals surface area contributed by atoms with Crippen molar-refractivity contribution < 1.29 is 24.1 Å². The molecule has 2 aromatic carbocycles. The molecule has 1 aliphatic rings. The highest BCUT2D eigenvalue weighted by Gasteiger charge is 2.27. The van der Waals surface area contributed by atoms with Crippen LogP contribution in [0.2, 0.25) is 0 Å². The molecular weight excluding hydrogens is 472 g/mol. The van der Waals surface area contributed by atoms with Crippen LogP contribution in [0.5, 0.6) is 23.0 Å². The van der Waals surface area contributed by atoms with Crippen molar-refractivity contribution in [3.05, 3.63) is 44.8 Å². The molecule has 7 nitrogen and oxygen atoms in total. The highest BCUT2D eigenvalue weighted by molar-refractivity contribution is 9.13. The molecule has 0 saturated carbocycles. The van der Waals surface area contributed by atoms with Crippen molar-refractivity contribution in [2.24, 2.45) is 5.10 Å². The van der Waals surface area contributed by atoms with E-state index in [1.807, 2.05) is 6.07 Å². The van der Waals surface area contributed by atoms with Crippen LogP contribution in [-0.2, 0) is 4.79 Å². The van der Waals surface area contributed by atoms with Crippen molar-refractivity contribution in [2.45, 2.75) is 6.10 Å². The van der Waals surface area contributed by atoms with Gasteiger partial charge in [0, 0.05) is 8.95 Å². The van der Waals surface area contributed by atoms with Crippen molar-refractivity contribution in [1.82, 2.24) is 5.43 Å². The summed E-state index contributed by atoms with van der Waals surface area (Å²) in [6, 6.07) is 8.72. The standard InChI is InChI=1S/C17H14Br2N2O5/c1-24-13-6-10(18)15(19)9(16(13)22)7-20-21-17(23)14-8-25-11-4-2-3-5-12(11)26-14/h2-7,14,22H,8H2,1H3,(H,21,23)/b20-7-/t14-/m1/s1. The monoisotopic (exact) mass is 484 g/mol. The van der Waals surface area contributed by atoms with Gasteiger partial charge >= 0.3 is 0 Å². The molecule has 0 bridgehead atoms. The van der Waals surface area contributed by atoms with E-state index in [0.29, 0.717) is 26.0 Å². The van der Waals surface area contributed by atoms with Crippen molar-refractivity contribution in [2.75, 3.05) is 13.7 Å². The van der Waals surface area contributed by atoms with Gasteiger partial charge in [-0.05, 0) is 50.1 Å². The Balaban J connectivity index is 1.70. The summed E-state index contributed by atoms with van der Waals surface area (Å²) in [5.74, 6) is 0.795. The van der Waals surface area contributed by atoms with Crippen molar-refractivity contribution >= 4 is 44.0 Å². The molecule has 9 heteroatoms. The molecule has 0 radical (unpaired) electrons. The quantitative estimate of drug-likeness (QED) is 0.512. The molecule has 0 fully saturated rings. The lowest BCUT2D eigenvalue weighted by Crippen LogP contribution is -2.42. The topological polar surface area (TPSA) is 89.4 Å². The van der Waals surface area contributed by atoms with E-state index < -0.39 is 12.0 Å². The fraction of sp³-hybridized carbons (Fsp3) is 0.176. The third kappa shape index (κ3) is 3.78. The molecule has 136 valence electrons. The van der Waals surface area contributed by atoms with Gasteiger partial charge in [0.25, 0.3) is 5.91 Å². The number of carbonyl (C=O) groups excluding carboxylic acids is 1. The third-order valence-electron chi connectivity index (χ3n) is 3.58. The van der Waals surface area contributed by atoms with Crippen molar-refractivity contribution in [3.8, 4) is 23.0 Å². The first kappa shape index (κ1) is 18.5. The second kappa shape index (κ2) is 7.96. The van der Waals surface area contributed by atoms with Crippen LogP contribution in [0.1, 0.15) is 5.56 Å². The summed E-state index contributed by atoms with van der Waals surface area (Å²) < 4.78 is 17.4. The minimum atomic E-state index is -0.823. The minimum absolute atomic E-state index is 0.0814. The first-order valence-corrected chi connectivity index (χ1v) is 9.06. The molecule has 1 heterocycles. The molecule has 2 aromatic rings. The zero-order chi connectivity index (χ0) is 18.7. The highest BCUT2D eigenvalue weighted by atomic mass is 79.9. The molecule has 1 aliphatic heterocycles. The molecule has 0 aromatic heterocycles. The number of rotatable bonds is 4. The lowest BCUT2D eigenvalue weighted by molar-refractivity contribution is -0.130. The first-order valence-electron chi connectivity index (χ1n) is 7.47. The predicted octanol–water partition coefficient (Wildman–Crippen LogP) is 3.22. The van der Waals surface area contributed by atoms with Crippen molar-refractivity contribution in [1.29, 1.82) is 0 Å². The van der Waals surface area contributed by atoms with E-state index >= 15 is 0 Å². The molecule has 1 atom stereocenters. The van der Waals surface area contributed by atoms with Crippen LogP contribution in [0.15, 0.2) is 44.4 Å². The van der Waals surface area contributed by atoms with Crippen LogP contribution in [0, 0.1) is 0 Å². The van der Waals surface area contributed by atoms with E-state index in [2.05, 4.69) is 42.4 Å². The summed E-state index contributed by atoms with van der Waals surface area (Å²) in [6.07, 6.45) is 0.485. The number of nitrogens with one attached hydrogen (secondary N) is 1. The molecule has 1 amide bonds. The van der Waals surface area contributed by atoms with Gasteiger partial charge in [-0.2, -0.15) is 5.10 Å². The number of halogens is 2. The summed E-state index contributed by atoms with van der Waals surface area (Å²) in [7, 11) is 1.44. The largest absolute Gasteiger partial charge is 0.504 e. The molecule has 2 N–H and O–H groups in total. The zero-order valence-corrected chi connectivity index (χ0v) is 16.7. The van der Waals surface area contributed by atoms with Gasteiger partial charge in [-0.1, -0.05) is 12.1 Å². The number of phenolic OH excluding ortho intramolecular Hbond substituents is 1. The van der Waals surface area contributed by atoms with Gasteiger partial charge in [0.05, 0.1) is 18.9 Å². The van der Waals surface area contributed by atoms with Gasteiger partial charge in [-0.25, -0.2) is 5.43 Å². The Morgan fingerprint density at radius 1 is 1.38 bits per heavy atom. The average Bonchev–Trinajstić information content (AvgIpc) is 2.66. The Hall–Kier alpha value is -2.26. The van der Waals surface area contributed by atoms with Crippen LogP contribution < -0.4 is 19.6 Å². The van der Waals surface area contributed by atoms with Gasteiger partial charge in [0.15, 0.2) is 23.0 Å². The molecule has 26 heavy (non-hydrogen) atoms. The number of amides is 1. The maximum Gasteiger partial charge on any atom is 0.284 e. The van der Waals surface area contributed by atoms with Gasteiger partial charge in [0.1, 0.15) is 6.61 Å². The predicted molar refractivity (Wildman–Crippen MR) is 102 cm³/mol. The number of phenols is 1. The highest BCUT2D eigenvalue weighted by Crippen LogP contribution is 2.39. The lowest BCUT2D eigenvalue weighted by Gasteiger charge is -2.24. The number of benzene rings is 2. The van der Waals surface area contributed by atoms with Crippen molar-refractivity contribution in [3.63, 3.8) is 0 Å². The summed E-state index contributed by atoms with van der Waals surface area (Å²) in [5, 5.41) is 14.1. The number of hydrazone groups is 1. The van der Waals surface area contributed by atoms with Gasteiger partial charge < -0.3 is 19.3 Å². The Morgan fingerprint density at radius 3 is 2.85 bits per heavy atom. The van der Waals surface area contributed by atoms with E-state index in [4.69, 9.17) is 14.2 Å². The fourth-order valence-electron chi connectivity index (χ4n) is 2.27. The Bertz CT molecular complexity index is 872. The normalized spacial score (nSPS) is 15.7. The van der Waals surface area contributed by atoms with E-state index in [0.717, 1.165) is 0 Å². The Labute approximate surface area is 166 Å². The number of fused-ring (bicyclic) bond motifs is 1.